The first kappa shape index (κ1) is 13.9. The summed E-state index contributed by atoms with van der Waals surface area (Å²) in [5, 5.41) is 6.96. The van der Waals surface area contributed by atoms with Crippen LogP contribution in [-0.4, -0.2) is 25.8 Å². The molecule has 4 heteroatoms. The van der Waals surface area contributed by atoms with E-state index in [0.29, 0.717) is 5.11 Å². The Morgan fingerprint density at radius 1 is 1.12 bits per heavy atom. The summed E-state index contributed by atoms with van der Waals surface area (Å²) in [7, 11) is 4.31. The molecule has 0 fully saturated rings. The highest BCUT2D eigenvalue weighted by atomic mass is 32.1. The van der Waals surface area contributed by atoms with E-state index in [-0.39, 0.29) is 0 Å². The van der Waals surface area contributed by atoms with E-state index in [1.807, 2.05) is 6.92 Å². The van der Waals surface area contributed by atoms with Crippen molar-refractivity contribution in [3.05, 3.63) is 35.4 Å². The summed E-state index contributed by atoms with van der Waals surface area (Å²) in [4.78, 5) is 1.43. The Morgan fingerprint density at radius 2 is 1.71 bits per heavy atom. The van der Waals surface area contributed by atoms with Gasteiger partial charge in [-0.15, -0.1) is 0 Å². The third kappa shape index (κ3) is 5.65. The summed E-state index contributed by atoms with van der Waals surface area (Å²) in [6.07, 6.45) is 0. The largest absolute Gasteiger partial charge is 0.363 e. The lowest BCUT2D eigenvalue weighted by molar-refractivity contribution is -0.872. The van der Waals surface area contributed by atoms with Crippen LogP contribution in [0, 0.1) is 0 Å². The zero-order valence-electron chi connectivity index (χ0n) is 10.8. The molecule has 0 unspecified atom stereocenters. The van der Waals surface area contributed by atoms with E-state index < -0.39 is 0 Å². The molecule has 0 radical (unpaired) electrons. The normalized spacial score (nSPS) is 10.4. The predicted molar refractivity (Wildman–Crippen MR) is 76.1 cm³/mol. The van der Waals surface area contributed by atoms with Crippen LogP contribution >= 0.6 is 12.2 Å². The van der Waals surface area contributed by atoms with Gasteiger partial charge in [0.2, 0.25) is 0 Å². The van der Waals surface area contributed by atoms with Gasteiger partial charge in [-0.05, 0) is 24.7 Å². The zero-order chi connectivity index (χ0) is 12.7. The van der Waals surface area contributed by atoms with Gasteiger partial charge < -0.3 is 15.5 Å². The summed E-state index contributed by atoms with van der Waals surface area (Å²) in [5.74, 6) is 0. The fraction of sp³-hybridized carbons (Fsp3) is 0.462. The van der Waals surface area contributed by atoms with Crippen LogP contribution < -0.4 is 15.5 Å². The van der Waals surface area contributed by atoms with E-state index in [9.17, 15) is 0 Å². The van der Waals surface area contributed by atoms with Crippen LogP contribution in [0.15, 0.2) is 24.3 Å². The van der Waals surface area contributed by atoms with Gasteiger partial charge in [0.15, 0.2) is 5.11 Å². The number of hydrogen-bond donors (Lipinski definition) is 3. The fourth-order valence-electron chi connectivity index (χ4n) is 1.59. The van der Waals surface area contributed by atoms with Gasteiger partial charge in [0, 0.05) is 18.7 Å². The second-order valence-corrected chi connectivity index (χ2v) is 4.82. The Hall–Kier alpha value is -1.13. The third-order valence-electron chi connectivity index (χ3n) is 2.37. The van der Waals surface area contributed by atoms with Crippen LogP contribution in [0.3, 0.4) is 0 Å². The lowest BCUT2D eigenvalue weighted by Crippen LogP contribution is -3.04. The molecule has 0 bridgehead atoms. The summed E-state index contributed by atoms with van der Waals surface area (Å²) in [6, 6.07) is 8.67. The second kappa shape index (κ2) is 7.25. The van der Waals surface area contributed by atoms with Crippen molar-refractivity contribution < 1.29 is 4.90 Å². The fourth-order valence-corrected chi connectivity index (χ4v) is 1.81. The number of hydrogen-bond acceptors (Lipinski definition) is 1. The first-order valence-electron chi connectivity index (χ1n) is 6.00. The van der Waals surface area contributed by atoms with Gasteiger partial charge in [-0.3, -0.25) is 0 Å². The molecule has 0 saturated heterocycles. The number of quaternary nitrogens is 1. The van der Waals surface area contributed by atoms with Crippen molar-refractivity contribution in [3.8, 4) is 0 Å². The van der Waals surface area contributed by atoms with Crippen molar-refractivity contribution >= 4 is 17.3 Å². The molecule has 0 aromatic heterocycles. The highest BCUT2D eigenvalue weighted by molar-refractivity contribution is 7.80. The van der Waals surface area contributed by atoms with E-state index >= 15 is 0 Å². The Bertz CT molecular complexity index is 346. The quantitative estimate of drug-likeness (QED) is 0.659. The highest BCUT2D eigenvalue weighted by Gasteiger charge is 1.99. The molecule has 0 aliphatic carbocycles. The molecule has 1 rings (SSSR count). The van der Waals surface area contributed by atoms with Crippen LogP contribution in [0.4, 0.5) is 0 Å². The van der Waals surface area contributed by atoms with Gasteiger partial charge in [-0.2, -0.15) is 0 Å². The summed E-state index contributed by atoms with van der Waals surface area (Å²) < 4.78 is 0. The minimum Gasteiger partial charge on any atom is -0.363 e. The Morgan fingerprint density at radius 3 is 2.24 bits per heavy atom. The molecular formula is C13H22N3S+. The van der Waals surface area contributed by atoms with E-state index in [4.69, 9.17) is 12.2 Å². The van der Waals surface area contributed by atoms with E-state index in [0.717, 1.165) is 19.6 Å². The van der Waals surface area contributed by atoms with Gasteiger partial charge in [-0.1, -0.05) is 24.3 Å². The molecule has 94 valence electrons. The van der Waals surface area contributed by atoms with Gasteiger partial charge in [0.25, 0.3) is 0 Å². The molecule has 1 aromatic carbocycles. The Labute approximate surface area is 109 Å². The van der Waals surface area contributed by atoms with Crippen molar-refractivity contribution in [3.63, 3.8) is 0 Å². The summed E-state index contributed by atoms with van der Waals surface area (Å²) in [5.41, 5.74) is 2.62. The Balaban J connectivity index is 2.42. The standard InChI is InChI=1S/C13H21N3S/c1-4-14-13(17)15-9-11-5-7-12(8-6-11)10-16(2)3/h5-8H,4,9-10H2,1-3H3,(H2,14,15,17)/p+1. The van der Waals surface area contributed by atoms with E-state index in [1.165, 1.54) is 16.0 Å². The second-order valence-electron chi connectivity index (χ2n) is 4.41. The Kier molecular flexibility index (Phi) is 5.94. The molecule has 3 N–H and O–H groups in total. The molecule has 0 aliphatic heterocycles. The highest BCUT2D eigenvalue weighted by Crippen LogP contribution is 2.03. The monoisotopic (exact) mass is 252 g/mol. The average Bonchev–Trinajstić information content (AvgIpc) is 2.28. The smallest absolute Gasteiger partial charge is 0.166 e. The molecule has 17 heavy (non-hydrogen) atoms. The molecule has 0 atom stereocenters. The maximum absolute atomic E-state index is 5.11. The number of rotatable bonds is 5. The molecule has 0 amide bonds. The van der Waals surface area contributed by atoms with Crippen LogP contribution in [-0.2, 0) is 13.1 Å². The molecule has 0 spiro atoms. The van der Waals surface area contributed by atoms with Crippen LogP contribution in [0.2, 0.25) is 0 Å². The first-order valence-corrected chi connectivity index (χ1v) is 6.41. The van der Waals surface area contributed by atoms with Gasteiger partial charge >= 0.3 is 0 Å². The maximum atomic E-state index is 5.11. The maximum Gasteiger partial charge on any atom is 0.166 e. The summed E-state index contributed by atoms with van der Waals surface area (Å²) in [6.45, 7) is 4.73. The molecule has 3 nitrogen and oxygen atoms in total. The zero-order valence-corrected chi connectivity index (χ0v) is 11.7. The lowest BCUT2D eigenvalue weighted by Gasteiger charge is -2.10. The molecule has 0 saturated carbocycles. The van der Waals surface area contributed by atoms with Gasteiger partial charge in [0.1, 0.15) is 6.54 Å². The number of benzene rings is 1. The average molecular weight is 252 g/mol. The van der Waals surface area contributed by atoms with Crippen LogP contribution in [0.25, 0.3) is 0 Å². The molecular weight excluding hydrogens is 230 g/mol. The third-order valence-corrected chi connectivity index (χ3v) is 2.66. The SMILES string of the molecule is CCNC(=S)NCc1ccc(C[NH+](C)C)cc1. The van der Waals surface area contributed by atoms with Gasteiger partial charge in [-0.25, -0.2) is 0 Å². The van der Waals surface area contributed by atoms with Crippen molar-refractivity contribution in [2.45, 2.75) is 20.0 Å². The van der Waals surface area contributed by atoms with Crippen molar-refractivity contribution in [2.75, 3.05) is 20.6 Å². The molecule has 1 aromatic rings. The van der Waals surface area contributed by atoms with Crippen molar-refractivity contribution in [1.82, 2.24) is 10.6 Å². The number of nitrogens with one attached hydrogen (secondary N) is 3. The van der Waals surface area contributed by atoms with Gasteiger partial charge in [0.05, 0.1) is 14.1 Å². The van der Waals surface area contributed by atoms with Crippen LogP contribution in [0.1, 0.15) is 18.1 Å². The van der Waals surface area contributed by atoms with Crippen molar-refractivity contribution in [1.29, 1.82) is 0 Å². The lowest BCUT2D eigenvalue weighted by atomic mass is 10.1. The van der Waals surface area contributed by atoms with E-state index in [1.54, 1.807) is 0 Å². The first-order chi connectivity index (χ1) is 8.11. The molecule has 0 heterocycles. The minimum absolute atomic E-state index is 0.717. The predicted octanol–water partition coefficient (Wildman–Crippen LogP) is 0.315. The minimum atomic E-state index is 0.717. The number of thiocarbonyl (C=S) groups is 1. The van der Waals surface area contributed by atoms with Crippen LogP contribution in [0.5, 0.6) is 0 Å². The summed E-state index contributed by atoms with van der Waals surface area (Å²) >= 11 is 5.11. The topological polar surface area (TPSA) is 28.5 Å². The van der Waals surface area contributed by atoms with Crippen molar-refractivity contribution in [2.24, 2.45) is 0 Å². The molecule has 0 aliphatic rings. The van der Waals surface area contributed by atoms with E-state index in [2.05, 4.69) is 49.0 Å².